The van der Waals surface area contributed by atoms with Crippen molar-refractivity contribution in [3.63, 3.8) is 0 Å². The third kappa shape index (κ3) is 47.0. The van der Waals surface area contributed by atoms with Crippen LogP contribution in [0, 0.1) is 0 Å². The van der Waals surface area contributed by atoms with E-state index in [2.05, 4.69) is 68.5 Å². The molecule has 0 spiro atoms. The minimum atomic E-state index is -4.40. The van der Waals surface area contributed by atoms with Gasteiger partial charge in [0.05, 0.1) is 13.2 Å². The Morgan fingerprint density at radius 2 is 0.869 bits per heavy atom. The van der Waals surface area contributed by atoms with E-state index in [1.54, 1.807) is 0 Å². The van der Waals surface area contributed by atoms with Gasteiger partial charge in [-0.2, -0.15) is 0 Å². The summed E-state index contributed by atoms with van der Waals surface area (Å²) in [5.41, 5.74) is 5.36. The van der Waals surface area contributed by atoms with Crippen molar-refractivity contribution in [2.24, 2.45) is 5.73 Å². The molecular formula is C51H92NO8P. The van der Waals surface area contributed by atoms with Crippen molar-refractivity contribution in [3.8, 4) is 0 Å². The lowest BCUT2D eigenvalue weighted by molar-refractivity contribution is -0.161. The first-order chi connectivity index (χ1) is 29.8. The summed E-state index contributed by atoms with van der Waals surface area (Å²) in [4.78, 5) is 35.0. The van der Waals surface area contributed by atoms with E-state index in [0.29, 0.717) is 12.8 Å². The van der Waals surface area contributed by atoms with Crippen LogP contribution >= 0.6 is 7.82 Å². The SMILES string of the molecule is CCCCCCCC/C=C/CCCCCCCCCCCC(=O)OC[C@H](COP(=O)(O)OCCN)OC(=O)CCC/C=C/C/C=C/C/C=C/C/C=C/CCCCCCCCC. The van der Waals surface area contributed by atoms with E-state index in [-0.39, 0.29) is 32.6 Å². The Kier molecular flexibility index (Phi) is 45.4. The second-order valence-corrected chi connectivity index (χ2v) is 17.8. The first kappa shape index (κ1) is 58.7. The van der Waals surface area contributed by atoms with E-state index in [1.165, 1.54) is 141 Å². The van der Waals surface area contributed by atoms with Gasteiger partial charge in [0.1, 0.15) is 6.61 Å². The highest BCUT2D eigenvalue weighted by molar-refractivity contribution is 7.47. The highest BCUT2D eigenvalue weighted by Gasteiger charge is 2.26. The predicted molar refractivity (Wildman–Crippen MR) is 256 cm³/mol. The number of esters is 2. The summed E-state index contributed by atoms with van der Waals surface area (Å²) >= 11 is 0. The van der Waals surface area contributed by atoms with Crippen LogP contribution in [-0.2, 0) is 32.7 Å². The molecular weight excluding hydrogens is 786 g/mol. The van der Waals surface area contributed by atoms with Gasteiger partial charge in [0, 0.05) is 19.4 Å². The topological polar surface area (TPSA) is 134 Å². The number of carbonyl (C=O) groups excluding carboxylic acids is 2. The normalized spacial score (nSPS) is 13.7. The number of unbranched alkanes of at least 4 members (excludes halogenated alkanes) is 23. The van der Waals surface area contributed by atoms with Gasteiger partial charge in [0.15, 0.2) is 6.10 Å². The Morgan fingerprint density at radius 1 is 0.492 bits per heavy atom. The van der Waals surface area contributed by atoms with Crippen LogP contribution in [0.1, 0.15) is 219 Å². The molecule has 0 aromatic heterocycles. The molecule has 0 aliphatic heterocycles. The van der Waals surface area contributed by atoms with Gasteiger partial charge >= 0.3 is 19.8 Å². The maximum absolute atomic E-state index is 12.6. The first-order valence-electron chi connectivity index (χ1n) is 24.8. The molecule has 0 aromatic carbocycles. The van der Waals surface area contributed by atoms with Crippen molar-refractivity contribution < 1.29 is 37.6 Å². The maximum atomic E-state index is 12.6. The summed E-state index contributed by atoms with van der Waals surface area (Å²) in [5, 5.41) is 0. The number of nitrogens with two attached hydrogens (primary N) is 1. The monoisotopic (exact) mass is 878 g/mol. The number of carbonyl (C=O) groups is 2. The van der Waals surface area contributed by atoms with Crippen LogP contribution in [0.2, 0.25) is 0 Å². The van der Waals surface area contributed by atoms with Gasteiger partial charge in [-0.1, -0.05) is 190 Å². The van der Waals surface area contributed by atoms with Crippen LogP contribution < -0.4 is 5.73 Å². The summed E-state index contributed by atoms with van der Waals surface area (Å²) in [5.74, 6) is -0.894. The number of phosphoric acid groups is 1. The van der Waals surface area contributed by atoms with Crippen molar-refractivity contribution in [3.05, 3.63) is 60.8 Å². The second kappa shape index (κ2) is 47.2. The molecule has 0 radical (unpaired) electrons. The Hall–Kier alpha value is -2.29. The van der Waals surface area contributed by atoms with E-state index in [9.17, 15) is 19.0 Å². The fraction of sp³-hybridized carbons (Fsp3) is 0.765. The van der Waals surface area contributed by atoms with Gasteiger partial charge in [0.2, 0.25) is 0 Å². The molecule has 2 atom stereocenters. The Bertz CT molecular complexity index is 1180. The summed E-state index contributed by atoms with van der Waals surface area (Å²) in [6.45, 7) is 3.68. The summed E-state index contributed by atoms with van der Waals surface area (Å²) in [6, 6.07) is 0. The third-order valence-electron chi connectivity index (χ3n) is 10.4. The average Bonchev–Trinajstić information content (AvgIpc) is 3.25. The summed E-state index contributed by atoms with van der Waals surface area (Å²) in [6.07, 6.45) is 56.9. The van der Waals surface area contributed by atoms with E-state index in [0.717, 1.165) is 38.5 Å². The molecule has 0 heterocycles. The fourth-order valence-corrected chi connectivity index (χ4v) is 7.45. The van der Waals surface area contributed by atoms with Crippen molar-refractivity contribution in [2.75, 3.05) is 26.4 Å². The minimum absolute atomic E-state index is 0.0427. The third-order valence-corrected chi connectivity index (χ3v) is 11.4. The number of rotatable bonds is 46. The molecule has 1 unspecified atom stereocenters. The number of allylic oxidation sites excluding steroid dienone is 10. The van der Waals surface area contributed by atoms with Crippen molar-refractivity contribution in [1.82, 2.24) is 0 Å². The summed E-state index contributed by atoms with van der Waals surface area (Å²) in [7, 11) is -4.40. The van der Waals surface area contributed by atoms with Crippen molar-refractivity contribution >= 4 is 19.8 Å². The molecule has 0 bridgehead atoms. The maximum Gasteiger partial charge on any atom is 0.472 e. The fourth-order valence-electron chi connectivity index (χ4n) is 6.68. The molecule has 3 N–H and O–H groups in total. The zero-order valence-corrected chi connectivity index (χ0v) is 40.0. The van der Waals surface area contributed by atoms with Gasteiger partial charge in [0.25, 0.3) is 0 Å². The second-order valence-electron chi connectivity index (χ2n) is 16.3. The molecule has 61 heavy (non-hydrogen) atoms. The number of ether oxygens (including phenoxy) is 2. The lowest BCUT2D eigenvalue weighted by Crippen LogP contribution is -2.29. The first-order valence-corrected chi connectivity index (χ1v) is 26.3. The van der Waals surface area contributed by atoms with Gasteiger partial charge in [-0.05, 0) is 77.0 Å². The molecule has 10 heteroatoms. The lowest BCUT2D eigenvalue weighted by atomic mass is 10.1. The molecule has 354 valence electrons. The van der Waals surface area contributed by atoms with E-state index < -0.39 is 32.5 Å². The molecule has 0 rings (SSSR count). The van der Waals surface area contributed by atoms with Crippen LogP contribution in [0.25, 0.3) is 0 Å². The van der Waals surface area contributed by atoms with Crippen LogP contribution in [0.15, 0.2) is 60.8 Å². The van der Waals surface area contributed by atoms with Gasteiger partial charge in [-0.25, -0.2) is 4.57 Å². The van der Waals surface area contributed by atoms with Gasteiger partial charge in [-0.15, -0.1) is 0 Å². The molecule has 0 aromatic rings. The van der Waals surface area contributed by atoms with Crippen LogP contribution in [0.5, 0.6) is 0 Å². The standard InChI is InChI=1S/C51H92NO8P/c1-3-5-7-9-11-13-15-17-19-21-23-24-26-28-30-32-34-36-38-40-42-44-51(54)60-49(48-59-61(55,56)58-46-45-52)47-57-50(53)43-41-39-37-35-33-31-29-27-25-22-20-18-16-14-12-10-8-6-4-2/h18-21,24,26,30,32,36,38,49H,3-17,22-23,25,27-29,31,33-35,37,39-48,52H2,1-2H3,(H,55,56)/b20-18+,21-19+,26-24+,32-30+,38-36+/t49-/m1/s1. The van der Waals surface area contributed by atoms with Crippen LogP contribution in [0.3, 0.4) is 0 Å². The number of hydrogen-bond donors (Lipinski definition) is 2. The quantitative estimate of drug-likeness (QED) is 0.0265. The highest BCUT2D eigenvalue weighted by atomic mass is 31.2. The minimum Gasteiger partial charge on any atom is -0.462 e. The smallest absolute Gasteiger partial charge is 0.462 e. The summed E-state index contributed by atoms with van der Waals surface area (Å²) < 4.78 is 32.8. The van der Waals surface area contributed by atoms with E-state index in [1.807, 2.05) is 6.08 Å². The van der Waals surface area contributed by atoms with Gasteiger partial charge < -0.3 is 20.1 Å². The molecule has 9 nitrogen and oxygen atoms in total. The van der Waals surface area contributed by atoms with Crippen molar-refractivity contribution in [1.29, 1.82) is 0 Å². The van der Waals surface area contributed by atoms with Crippen LogP contribution in [-0.4, -0.2) is 49.3 Å². The van der Waals surface area contributed by atoms with Gasteiger partial charge in [-0.3, -0.25) is 18.6 Å². The molecule has 0 fully saturated rings. The van der Waals surface area contributed by atoms with E-state index in [4.69, 9.17) is 24.3 Å². The zero-order chi connectivity index (χ0) is 44.6. The van der Waals surface area contributed by atoms with Crippen molar-refractivity contribution in [2.45, 2.75) is 225 Å². The van der Waals surface area contributed by atoms with E-state index >= 15 is 0 Å². The highest BCUT2D eigenvalue weighted by Crippen LogP contribution is 2.43. The molecule has 0 amide bonds. The molecule has 0 aliphatic rings. The molecule has 0 saturated heterocycles. The zero-order valence-electron chi connectivity index (χ0n) is 39.1. The Balaban J connectivity index is 4.18. The average molecular weight is 878 g/mol. The molecule has 0 aliphatic carbocycles. The Morgan fingerprint density at radius 3 is 1.33 bits per heavy atom. The largest absolute Gasteiger partial charge is 0.472 e. The lowest BCUT2D eigenvalue weighted by Gasteiger charge is -2.19. The van der Waals surface area contributed by atoms with Crippen LogP contribution in [0.4, 0.5) is 0 Å². The molecule has 0 saturated carbocycles. The Labute approximate surface area is 374 Å². The number of hydrogen-bond acceptors (Lipinski definition) is 8. The predicted octanol–water partition coefficient (Wildman–Crippen LogP) is 14.8. The number of phosphoric ester groups is 1.